The van der Waals surface area contributed by atoms with E-state index in [1.54, 1.807) is 24.3 Å². The van der Waals surface area contributed by atoms with Gasteiger partial charge in [-0.3, -0.25) is 9.59 Å². The first-order valence-corrected chi connectivity index (χ1v) is 8.01. The van der Waals surface area contributed by atoms with Crippen LogP contribution in [0, 0.1) is 5.92 Å². The van der Waals surface area contributed by atoms with Crippen LogP contribution in [0.2, 0.25) is 0 Å². The number of carbonyl (C=O) groups excluding carboxylic acids is 2. The number of primary amides is 1. The Bertz CT molecular complexity index is 545. The van der Waals surface area contributed by atoms with Gasteiger partial charge in [0, 0.05) is 19.1 Å². The number of hydrogen-bond acceptors (Lipinski definition) is 4. The summed E-state index contributed by atoms with van der Waals surface area (Å²) in [6.45, 7) is 3.36. The van der Waals surface area contributed by atoms with Crippen LogP contribution in [0.15, 0.2) is 24.3 Å². The Balaban J connectivity index is 1.89. The molecule has 0 saturated carbocycles. The zero-order valence-electron chi connectivity index (χ0n) is 13.5. The van der Waals surface area contributed by atoms with Gasteiger partial charge in [-0.05, 0) is 36.5 Å². The van der Waals surface area contributed by atoms with Crippen LogP contribution in [0.3, 0.4) is 0 Å². The van der Waals surface area contributed by atoms with Crippen molar-refractivity contribution in [2.24, 2.45) is 17.4 Å². The SMILES string of the molecule is C[C@H]1CCCN(C(=O)COc2ccc(CC(N)=O)cc2)[C@@H]1CN. The Morgan fingerprint density at radius 2 is 2.00 bits per heavy atom. The van der Waals surface area contributed by atoms with Crippen molar-refractivity contribution in [3.8, 4) is 5.75 Å². The van der Waals surface area contributed by atoms with Crippen molar-refractivity contribution in [1.29, 1.82) is 0 Å². The minimum absolute atomic E-state index is 0.00160. The number of rotatable bonds is 6. The van der Waals surface area contributed by atoms with Crippen molar-refractivity contribution in [2.75, 3.05) is 19.7 Å². The summed E-state index contributed by atoms with van der Waals surface area (Å²) >= 11 is 0. The number of carbonyl (C=O) groups is 2. The molecule has 1 saturated heterocycles. The first-order chi connectivity index (χ1) is 11.0. The molecule has 126 valence electrons. The van der Waals surface area contributed by atoms with E-state index >= 15 is 0 Å². The first kappa shape index (κ1) is 17.3. The molecule has 1 aliphatic heterocycles. The van der Waals surface area contributed by atoms with Gasteiger partial charge in [-0.15, -0.1) is 0 Å². The number of likely N-dealkylation sites (tertiary alicyclic amines) is 1. The average molecular weight is 319 g/mol. The van der Waals surface area contributed by atoms with Crippen molar-refractivity contribution < 1.29 is 14.3 Å². The molecule has 0 spiro atoms. The van der Waals surface area contributed by atoms with Crippen LogP contribution in [-0.4, -0.2) is 42.5 Å². The summed E-state index contributed by atoms with van der Waals surface area (Å²) in [5.41, 5.74) is 11.8. The van der Waals surface area contributed by atoms with Crippen molar-refractivity contribution in [3.05, 3.63) is 29.8 Å². The Kier molecular flexibility index (Phi) is 5.98. The fourth-order valence-corrected chi connectivity index (χ4v) is 3.05. The lowest BCUT2D eigenvalue weighted by molar-refractivity contribution is -0.138. The molecule has 2 amide bonds. The van der Waals surface area contributed by atoms with Gasteiger partial charge in [0.1, 0.15) is 5.75 Å². The molecule has 6 heteroatoms. The minimum Gasteiger partial charge on any atom is -0.484 e. The number of nitrogens with two attached hydrogens (primary N) is 2. The van der Waals surface area contributed by atoms with E-state index in [1.165, 1.54) is 0 Å². The van der Waals surface area contributed by atoms with E-state index < -0.39 is 0 Å². The highest BCUT2D eigenvalue weighted by Gasteiger charge is 2.30. The molecule has 1 aromatic rings. The molecular formula is C17H25N3O3. The van der Waals surface area contributed by atoms with Gasteiger partial charge in [0.15, 0.2) is 6.61 Å². The lowest BCUT2D eigenvalue weighted by Crippen LogP contribution is -2.52. The van der Waals surface area contributed by atoms with Crippen LogP contribution < -0.4 is 16.2 Å². The maximum Gasteiger partial charge on any atom is 0.260 e. The molecule has 4 N–H and O–H groups in total. The predicted octanol–water partition coefficient (Wildman–Crippen LogP) is 0.679. The molecule has 0 bridgehead atoms. The van der Waals surface area contributed by atoms with Crippen molar-refractivity contribution >= 4 is 11.8 Å². The largest absolute Gasteiger partial charge is 0.484 e. The molecule has 0 aliphatic carbocycles. The summed E-state index contributed by atoms with van der Waals surface area (Å²) in [4.78, 5) is 25.1. The lowest BCUT2D eigenvalue weighted by atomic mass is 9.91. The van der Waals surface area contributed by atoms with E-state index in [0.29, 0.717) is 18.2 Å². The predicted molar refractivity (Wildman–Crippen MR) is 87.8 cm³/mol. The van der Waals surface area contributed by atoms with Gasteiger partial charge in [0.2, 0.25) is 5.91 Å². The van der Waals surface area contributed by atoms with Crippen molar-refractivity contribution in [1.82, 2.24) is 4.90 Å². The molecule has 1 fully saturated rings. The zero-order chi connectivity index (χ0) is 16.8. The summed E-state index contributed by atoms with van der Waals surface area (Å²) in [6.07, 6.45) is 2.31. The highest BCUT2D eigenvalue weighted by atomic mass is 16.5. The maximum atomic E-state index is 12.4. The third kappa shape index (κ3) is 4.69. The van der Waals surface area contributed by atoms with Gasteiger partial charge in [-0.2, -0.15) is 0 Å². The van der Waals surface area contributed by atoms with Crippen LogP contribution in [0.5, 0.6) is 5.75 Å². The molecule has 0 radical (unpaired) electrons. The van der Waals surface area contributed by atoms with Crippen LogP contribution in [0.25, 0.3) is 0 Å². The normalized spacial score (nSPS) is 21.0. The van der Waals surface area contributed by atoms with E-state index in [2.05, 4.69) is 6.92 Å². The smallest absolute Gasteiger partial charge is 0.260 e. The number of benzene rings is 1. The molecule has 1 heterocycles. The number of ether oxygens (including phenoxy) is 1. The molecule has 0 unspecified atom stereocenters. The summed E-state index contributed by atoms with van der Waals surface area (Å²) in [6, 6.07) is 7.12. The van der Waals surface area contributed by atoms with E-state index in [1.807, 2.05) is 4.90 Å². The number of nitrogens with zero attached hydrogens (tertiary/aromatic N) is 1. The van der Waals surface area contributed by atoms with Gasteiger partial charge in [-0.25, -0.2) is 0 Å². The molecule has 2 atom stereocenters. The van der Waals surface area contributed by atoms with E-state index in [0.717, 1.165) is 24.9 Å². The fraction of sp³-hybridized carbons (Fsp3) is 0.529. The van der Waals surface area contributed by atoms with Crippen LogP contribution in [0.1, 0.15) is 25.3 Å². The Hall–Kier alpha value is -2.08. The van der Waals surface area contributed by atoms with Gasteiger partial charge in [-0.1, -0.05) is 19.1 Å². The topological polar surface area (TPSA) is 98.6 Å². The number of hydrogen-bond donors (Lipinski definition) is 2. The summed E-state index contributed by atoms with van der Waals surface area (Å²) in [5, 5.41) is 0. The zero-order valence-corrected chi connectivity index (χ0v) is 13.5. The monoisotopic (exact) mass is 319 g/mol. The van der Waals surface area contributed by atoms with Crippen LogP contribution in [0.4, 0.5) is 0 Å². The summed E-state index contributed by atoms with van der Waals surface area (Å²) in [5.74, 6) is 0.612. The van der Waals surface area contributed by atoms with Crippen molar-refractivity contribution in [3.63, 3.8) is 0 Å². The molecule has 0 aromatic heterocycles. The fourth-order valence-electron chi connectivity index (χ4n) is 3.05. The molecule has 23 heavy (non-hydrogen) atoms. The maximum absolute atomic E-state index is 12.4. The molecule has 6 nitrogen and oxygen atoms in total. The second kappa shape index (κ2) is 7.97. The number of amides is 2. The Labute approximate surface area is 136 Å². The third-order valence-electron chi connectivity index (χ3n) is 4.34. The molecule has 1 aliphatic rings. The summed E-state index contributed by atoms with van der Waals surface area (Å²) < 4.78 is 5.56. The van der Waals surface area contributed by atoms with Crippen molar-refractivity contribution in [2.45, 2.75) is 32.2 Å². The highest BCUT2D eigenvalue weighted by Crippen LogP contribution is 2.23. The van der Waals surface area contributed by atoms with Crippen LogP contribution >= 0.6 is 0 Å². The third-order valence-corrected chi connectivity index (χ3v) is 4.34. The summed E-state index contributed by atoms with van der Waals surface area (Å²) in [7, 11) is 0. The van der Waals surface area contributed by atoms with Gasteiger partial charge < -0.3 is 21.1 Å². The second-order valence-electron chi connectivity index (χ2n) is 6.09. The average Bonchev–Trinajstić information content (AvgIpc) is 2.53. The number of piperidine rings is 1. The van der Waals surface area contributed by atoms with Gasteiger partial charge in [0.05, 0.1) is 6.42 Å². The van der Waals surface area contributed by atoms with E-state index in [9.17, 15) is 9.59 Å². The molecular weight excluding hydrogens is 294 g/mol. The Morgan fingerprint density at radius 3 is 2.61 bits per heavy atom. The minimum atomic E-state index is -0.374. The quantitative estimate of drug-likeness (QED) is 0.805. The lowest BCUT2D eigenvalue weighted by Gasteiger charge is -2.39. The van der Waals surface area contributed by atoms with Gasteiger partial charge >= 0.3 is 0 Å². The van der Waals surface area contributed by atoms with E-state index in [-0.39, 0.29) is 30.9 Å². The first-order valence-electron chi connectivity index (χ1n) is 8.01. The van der Waals surface area contributed by atoms with Crippen LogP contribution in [-0.2, 0) is 16.0 Å². The standard InChI is InChI=1S/C17H25N3O3/c1-12-3-2-8-20(15(12)10-18)17(22)11-23-14-6-4-13(5-7-14)9-16(19)21/h4-7,12,15H,2-3,8-11,18H2,1H3,(H2,19,21)/t12-,15+/m0/s1. The second-order valence-corrected chi connectivity index (χ2v) is 6.09. The molecule has 2 rings (SSSR count). The van der Waals surface area contributed by atoms with Gasteiger partial charge in [0.25, 0.3) is 5.91 Å². The molecule has 1 aromatic carbocycles. The van der Waals surface area contributed by atoms with E-state index in [4.69, 9.17) is 16.2 Å². The Morgan fingerprint density at radius 1 is 1.30 bits per heavy atom. The highest BCUT2D eigenvalue weighted by molar-refractivity contribution is 5.78.